The Morgan fingerprint density at radius 1 is 1.29 bits per heavy atom. The maximum atomic E-state index is 14.3. The summed E-state index contributed by atoms with van der Waals surface area (Å²) in [7, 11) is 0. The number of hydrogen-bond donors (Lipinski definition) is 5. The van der Waals surface area contributed by atoms with Crippen molar-refractivity contribution < 1.29 is 13.9 Å². The summed E-state index contributed by atoms with van der Waals surface area (Å²) in [4.78, 5) is 9.30. The molecule has 3 rings (SSSR count). The topological polar surface area (TPSA) is 111 Å². The molecule has 0 saturated carbocycles. The zero-order valence-electron chi connectivity index (χ0n) is 16.9. The molecule has 0 radical (unpaired) electrons. The lowest BCUT2D eigenvalue weighted by molar-refractivity contribution is -0.00617. The van der Waals surface area contributed by atoms with Crippen molar-refractivity contribution in [1.82, 2.24) is 30.8 Å². The molecule has 11 heteroatoms. The van der Waals surface area contributed by atoms with Crippen LogP contribution >= 0.6 is 11.6 Å². The maximum Gasteiger partial charge on any atom is 0.306 e. The third kappa shape index (κ3) is 5.74. The van der Waals surface area contributed by atoms with Gasteiger partial charge in [-0.2, -0.15) is 8.78 Å². The van der Waals surface area contributed by atoms with Gasteiger partial charge >= 0.3 is 5.92 Å². The first-order valence-corrected chi connectivity index (χ1v) is 9.94. The third-order valence-electron chi connectivity index (χ3n) is 4.64. The summed E-state index contributed by atoms with van der Waals surface area (Å²) >= 11 is 6.16. The fourth-order valence-corrected chi connectivity index (χ4v) is 3.15. The van der Waals surface area contributed by atoms with Crippen molar-refractivity contribution in [3.8, 4) is 0 Å². The Labute approximate surface area is 183 Å². The van der Waals surface area contributed by atoms with Crippen molar-refractivity contribution in [2.75, 3.05) is 25.4 Å². The number of pyridine rings is 2. The van der Waals surface area contributed by atoms with E-state index in [1.165, 1.54) is 29.4 Å². The molecule has 0 fully saturated rings. The highest BCUT2D eigenvalue weighted by atomic mass is 35.5. The second-order valence-corrected chi connectivity index (χ2v) is 7.28. The lowest BCUT2D eigenvalue weighted by Gasteiger charge is -2.29. The molecule has 0 spiro atoms. The van der Waals surface area contributed by atoms with Crippen LogP contribution in [-0.2, 0) is 12.5 Å². The van der Waals surface area contributed by atoms with Gasteiger partial charge in [0.05, 0.1) is 6.54 Å². The summed E-state index contributed by atoms with van der Waals surface area (Å²) in [5, 5.41) is 19.2. The highest BCUT2D eigenvalue weighted by molar-refractivity contribution is 6.29. The van der Waals surface area contributed by atoms with Gasteiger partial charge < -0.3 is 26.8 Å². The van der Waals surface area contributed by atoms with Crippen LogP contribution in [0.4, 0.5) is 14.6 Å². The van der Waals surface area contributed by atoms with Gasteiger partial charge in [0.2, 0.25) is 5.88 Å². The Bertz CT molecular complexity index is 969. The van der Waals surface area contributed by atoms with Crippen molar-refractivity contribution in [2.45, 2.75) is 19.4 Å². The summed E-state index contributed by atoms with van der Waals surface area (Å²) in [6.07, 6.45) is 2.72. The minimum Gasteiger partial charge on any atom is -0.492 e. The van der Waals surface area contributed by atoms with Crippen LogP contribution < -0.4 is 21.7 Å². The molecule has 166 valence electrons. The first kappa shape index (κ1) is 22.6. The van der Waals surface area contributed by atoms with E-state index in [-0.39, 0.29) is 22.6 Å². The smallest absolute Gasteiger partial charge is 0.306 e. The van der Waals surface area contributed by atoms with E-state index in [9.17, 15) is 13.9 Å². The van der Waals surface area contributed by atoms with Crippen LogP contribution in [0.1, 0.15) is 17.0 Å². The quantitative estimate of drug-likeness (QED) is 0.292. The van der Waals surface area contributed by atoms with E-state index in [1.807, 2.05) is 13.0 Å². The molecule has 0 unspecified atom stereocenters. The molecule has 31 heavy (non-hydrogen) atoms. The summed E-state index contributed by atoms with van der Waals surface area (Å²) in [6, 6.07) is 7.92. The Morgan fingerprint density at radius 3 is 2.81 bits per heavy atom. The van der Waals surface area contributed by atoms with Crippen molar-refractivity contribution in [3.63, 3.8) is 0 Å². The first-order valence-electron chi connectivity index (χ1n) is 9.57. The van der Waals surface area contributed by atoms with Crippen LogP contribution in [0.15, 0.2) is 59.6 Å². The predicted molar refractivity (Wildman–Crippen MR) is 115 cm³/mol. The number of aliphatic hydroxyl groups is 1. The molecule has 0 saturated heterocycles. The van der Waals surface area contributed by atoms with Crippen LogP contribution in [0.3, 0.4) is 0 Å². The maximum absolute atomic E-state index is 14.3. The van der Waals surface area contributed by atoms with Gasteiger partial charge in [0.25, 0.3) is 0 Å². The lowest BCUT2D eigenvalue weighted by Crippen LogP contribution is -2.41. The van der Waals surface area contributed by atoms with Crippen molar-refractivity contribution in [1.29, 1.82) is 0 Å². The number of alkyl halides is 2. The van der Waals surface area contributed by atoms with E-state index in [0.29, 0.717) is 25.5 Å². The van der Waals surface area contributed by atoms with E-state index in [0.717, 1.165) is 11.3 Å². The molecular formula is C20H24ClF2N7O. The van der Waals surface area contributed by atoms with E-state index < -0.39 is 12.5 Å². The molecule has 0 bridgehead atoms. The number of hydrogen-bond acceptors (Lipinski definition) is 8. The zero-order valence-corrected chi connectivity index (χ0v) is 17.6. The Hall–Kier alpha value is -3.11. The summed E-state index contributed by atoms with van der Waals surface area (Å²) in [5.74, 6) is -3.02. The fraction of sp³-hybridized carbons (Fsp3) is 0.300. The van der Waals surface area contributed by atoms with Crippen molar-refractivity contribution in [3.05, 3.63) is 76.5 Å². The zero-order chi connectivity index (χ0) is 22.4. The largest absolute Gasteiger partial charge is 0.492 e. The van der Waals surface area contributed by atoms with E-state index in [2.05, 4.69) is 25.9 Å². The highest BCUT2D eigenvalue weighted by Gasteiger charge is 2.34. The predicted octanol–water partition coefficient (Wildman–Crippen LogP) is 2.47. The second kappa shape index (κ2) is 9.80. The molecule has 1 aliphatic rings. The SMILES string of the molecule is Cc1nc(N)ccc1CNCCN1C(Cl)=CNC(NCC(F)(F)c2ccccn2)=C1O. The Kier molecular flexibility index (Phi) is 7.13. The van der Waals surface area contributed by atoms with Crippen LogP contribution in [0.2, 0.25) is 0 Å². The minimum atomic E-state index is -3.22. The number of aromatic nitrogens is 2. The molecule has 0 amide bonds. The molecular weight excluding hydrogens is 428 g/mol. The molecule has 2 aromatic rings. The Balaban J connectivity index is 1.56. The molecule has 0 aliphatic carbocycles. The van der Waals surface area contributed by atoms with Gasteiger partial charge in [-0.15, -0.1) is 0 Å². The van der Waals surface area contributed by atoms with Gasteiger partial charge in [-0.3, -0.25) is 9.88 Å². The number of nitrogens with one attached hydrogen (secondary N) is 3. The van der Waals surface area contributed by atoms with Crippen LogP contribution in [0.25, 0.3) is 0 Å². The van der Waals surface area contributed by atoms with Gasteiger partial charge in [0.15, 0.2) is 5.82 Å². The average molecular weight is 452 g/mol. The fourth-order valence-electron chi connectivity index (χ4n) is 2.93. The van der Waals surface area contributed by atoms with Gasteiger partial charge in [0.1, 0.15) is 16.7 Å². The van der Waals surface area contributed by atoms with E-state index in [4.69, 9.17) is 17.3 Å². The number of aryl methyl sites for hydroxylation is 1. The van der Waals surface area contributed by atoms with Gasteiger partial charge in [0, 0.05) is 37.7 Å². The van der Waals surface area contributed by atoms with E-state index >= 15 is 0 Å². The molecule has 1 aliphatic heterocycles. The minimum absolute atomic E-state index is 0.0265. The summed E-state index contributed by atoms with van der Waals surface area (Å²) in [5.41, 5.74) is 7.12. The number of nitrogens with zero attached hydrogens (tertiary/aromatic N) is 3. The lowest BCUT2D eigenvalue weighted by atomic mass is 10.2. The number of nitrogens with two attached hydrogens (primary N) is 1. The van der Waals surface area contributed by atoms with Gasteiger partial charge in [-0.05, 0) is 30.7 Å². The number of halogens is 3. The van der Waals surface area contributed by atoms with Crippen LogP contribution in [0.5, 0.6) is 0 Å². The molecule has 0 aromatic carbocycles. The summed E-state index contributed by atoms with van der Waals surface area (Å²) < 4.78 is 28.7. The summed E-state index contributed by atoms with van der Waals surface area (Å²) in [6.45, 7) is 2.45. The van der Waals surface area contributed by atoms with Gasteiger partial charge in [-0.1, -0.05) is 23.7 Å². The second-order valence-electron chi connectivity index (χ2n) is 6.89. The van der Waals surface area contributed by atoms with Crippen LogP contribution in [0, 0.1) is 6.92 Å². The van der Waals surface area contributed by atoms with Crippen molar-refractivity contribution in [2.24, 2.45) is 0 Å². The molecule has 8 nitrogen and oxygen atoms in total. The highest BCUT2D eigenvalue weighted by Crippen LogP contribution is 2.26. The standard InChI is InChI=1S/C20H24ClF2N7O/c1-13-14(5-6-17(24)29-13)10-25-8-9-30-16(21)11-27-18(19(30)31)28-12-20(22,23)15-4-2-3-7-26-15/h2-7,11,25,27-28,31H,8-10,12H2,1H3,(H2,24,29). The number of nitrogen functional groups attached to an aromatic ring is 1. The molecule has 6 N–H and O–H groups in total. The third-order valence-corrected chi connectivity index (χ3v) is 4.96. The van der Waals surface area contributed by atoms with Crippen molar-refractivity contribution >= 4 is 17.4 Å². The first-order chi connectivity index (χ1) is 14.8. The average Bonchev–Trinajstić information content (AvgIpc) is 2.74. The number of aliphatic hydroxyl groups excluding tert-OH is 1. The molecule has 0 atom stereocenters. The Morgan fingerprint density at radius 2 is 2.10 bits per heavy atom. The molecule has 3 heterocycles. The van der Waals surface area contributed by atoms with Crippen LogP contribution in [-0.4, -0.2) is 39.6 Å². The monoisotopic (exact) mass is 451 g/mol. The molecule has 2 aromatic heterocycles. The number of anilines is 1. The number of rotatable bonds is 9. The van der Waals surface area contributed by atoms with Gasteiger partial charge in [-0.25, -0.2) is 4.98 Å². The normalized spacial score (nSPS) is 14.3. The van der Waals surface area contributed by atoms with E-state index in [1.54, 1.807) is 12.1 Å².